The fourth-order valence-corrected chi connectivity index (χ4v) is 0.911. The monoisotopic (exact) mass is 166 g/mol. The maximum atomic E-state index is 10.9. The van der Waals surface area contributed by atoms with Gasteiger partial charge in [-0.2, -0.15) is 0 Å². The number of hydrogen-bond donors (Lipinski definition) is 3. The van der Waals surface area contributed by atoms with Gasteiger partial charge in [0.2, 0.25) is 0 Å². The molecular weight excluding hydrogens is 156 g/mol. The number of carbonyl (C=O) groups is 1. The predicted octanol–water partition coefficient (Wildman–Crippen LogP) is 0.304. The van der Waals surface area contributed by atoms with Crippen LogP contribution in [0.25, 0.3) is 0 Å². The van der Waals surface area contributed by atoms with E-state index in [0.29, 0.717) is 0 Å². The quantitative estimate of drug-likeness (QED) is 0.319. The Morgan fingerprint density at radius 1 is 1.58 bits per heavy atom. The molecule has 0 spiro atoms. The molecule has 0 heterocycles. The minimum Gasteiger partial charge on any atom is -0.507 e. The zero-order chi connectivity index (χ0) is 9.14. The van der Waals surface area contributed by atoms with Gasteiger partial charge >= 0.3 is 0 Å². The average Bonchev–Trinajstić information content (AvgIpc) is 2.03. The fraction of sp³-hybridized carbons (Fsp3) is 0.125. The third-order valence-corrected chi connectivity index (χ3v) is 1.53. The molecule has 0 aliphatic carbocycles. The standard InChI is InChI=1S/C8H10N2O2/c1-5-2-3-6(7(11)4-5)8(12)10-9/h2-4,11H,9H2,1H3,(H,10,12). The Labute approximate surface area is 70.0 Å². The molecule has 4 N–H and O–H groups in total. The van der Waals surface area contributed by atoms with Crippen molar-refractivity contribution in [2.45, 2.75) is 6.92 Å². The van der Waals surface area contributed by atoms with E-state index in [9.17, 15) is 9.90 Å². The van der Waals surface area contributed by atoms with Crippen LogP contribution in [-0.4, -0.2) is 11.0 Å². The Balaban J connectivity index is 3.09. The van der Waals surface area contributed by atoms with Crippen molar-refractivity contribution >= 4 is 5.91 Å². The van der Waals surface area contributed by atoms with Gasteiger partial charge in [-0.1, -0.05) is 6.07 Å². The van der Waals surface area contributed by atoms with Gasteiger partial charge in [-0.15, -0.1) is 0 Å². The van der Waals surface area contributed by atoms with Crippen LogP contribution < -0.4 is 11.3 Å². The lowest BCUT2D eigenvalue weighted by molar-refractivity contribution is 0.0951. The molecule has 0 radical (unpaired) electrons. The molecule has 4 nitrogen and oxygen atoms in total. The summed E-state index contributed by atoms with van der Waals surface area (Å²) in [5, 5.41) is 9.28. The highest BCUT2D eigenvalue weighted by Gasteiger charge is 2.08. The first kappa shape index (κ1) is 8.55. The largest absolute Gasteiger partial charge is 0.507 e. The fourth-order valence-electron chi connectivity index (χ4n) is 0.911. The normalized spacial score (nSPS) is 9.50. The Hall–Kier alpha value is -1.55. The number of phenolic OH excluding ortho intramolecular Hbond substituents is 1. The summed E-state index contributed by atoms with van der Waals surface area (Å²) in [5.74, 6) is 4.35. The Kier molecular flexibility index (Phi) is 2.30. The highest BCUT2D eigenvalue weighted by molar-refractivity contribution is 5.96. The van der Waals surface area contributed by atoms with E-state index >= 15 is 0 Å². The van der Waals surface area contributed by atoms with E-state index in [4.69, 9.17) is 5.84 Å². The summed E-state index contributed by atoms with van der Waals surface area (Å²) >= 11 is 0. The number of carbonyl (C=O) groups excluding carboxylic acids is 1. The van der Waals surface area contributed by atoms with Crippen LogP contribution in [0.5, 0.6) is 5.75 Å². The van der Waals surface area contributed by atoms with E-state index in [1.54, 1.807) is 6.07 Å². The van der Waals surface area contributed by atoms with Gasteiger partial charge in [-0.05, 0) is 24.6 Å². The van der Waals surface area contributed by atoms with Crippen molar-refractivity contribution in [1.82, 2.24) is 5.43 Å². The molecule has 0 atom stereocenters. The molecule has 0 saturated carbocycles. The number of hydrogen-bond acceptors (Lipinski definition) is 3. The number of nitrogens with one attached hydrogen (secondary N) is 1. The second-order valence-electron chi connectivity index (χ2n) is 2.49. The molecule has 0 unspecified atom stereocenters. The van der Waals surface area contributed by atoms with Crippen molar-refractivity contribution in [3.8, 4) is 5.75 Å². The molecule has 0 fully saturated rings. The van der Waals surface area contributed by atoms with Crippen LogP contribution in [0.2, 0.25) is 0 Å². The van der Waals surface area contributed by atoms with Crippen molar-refractivity contribution in [1.29, 1.82) is 0 Å². The second-order valence-corrected chi connectivity index (χ2v) is 2.49. The Morgan fingerprint density at radius 3 is 2.75 bits per heavy atom. The summed E-state index contributed by atoms with van der Waals surface area (Å²) in [5.41, 5.74) is 3.02. The second kappa shape index (κ2) is 3.23. The van der Waals surface area contributed by atoms with E-state index in [1.807, 2.05) is 12.3 Å². The van der Waals surface area contributed by atoms with Crippen LogP contribution in [0.15, 0.2) is 18.2 Å². The number of aryl methyl sites for hydroxylation is 1. The van der Waals surface area contributed by atoms with Gasteiger partial charge in [0, 0.05) is 0 Å². The van der Waals surface area contributed by atoms with Crippen LogP contribution in [-0.2, 0) is 0 Å². The molecule has 64 valence electrons. The molecule has 1 amide bonds. The molecule has 12 heavy (non-hydrogen) atoms. The third-order valence-electron chi connectivity index (χ3n) is 1.53. The lowest BCUT2D eigenvalue weighted by Crippen LogP contribution is -2.29. The molecule has 0 bridgehead atoms. The summed E-state index contributed by atoms with van der Waals surface area (Å²) in [6.45, 7) is 1.82. The maximum absolute atomic E-state index is 10.9. The minimum absolute atomic E-state index is 0.0575. The third kappa shape index (κ3) is 1.54. The van der Waals surface area contributed by atoms with Gasteiger partial charge in [-0.25, -0.2) is 5.84 Å². The molecule has 1 aromatic carbocycles. The molecule has 4 heteroatoms. The maximum Gasteiger partial charge on any atom is 0.268 e. The van der Waals surface area contributed by atoms with Crippen LogP contribution >= 0.6 is 0 Å². The number of amides is 1. The van der Waals surface area contributed by atoms with Crippen molar-refractivity contribution in [3.05, 3.63) is 29.3 Å². The van der Waals surface area contributed by atoms with Crippen LogP contribution in [0.4, 0.5) is 0 Å². The van der Waals surface area contributed by atoms with Crippen molar-refractivity contribution in [2.24, 2.45) is 5.84 Å². The van der Waals surface area contributed by atoms with Gasteiger partial charge in [0.15, 0.2) is 0 Å². The van der Waals surface area contributed by atoms with E-state index in [2.05, 4.69) is 0 Å². The van der Waals surface area contributed by atoms with E-state index in [0.717, 1.165) is 5.56 Å². The smallest absolute Gasteiger partial charge is 0.268 e. The summed E-state index contributed by atoms with van der Waals surface area (Å²) in [4.78, 5) is 10.9. The van der Waals surface area contributed by atoms with Gasteiger partial charge < -0.3 is 5.11 Å². The Bertz CT molecular complexity index is 310. The van der Waals surface area contributed by atoms with Crippen LogP contribution in [0, 0.1) is 6.92 Å². The lowest BCUT2D eigenvalue weighted by Gasteiger charge is -2.02. The zero-order valence-electron chi connectivity index (χ0n) is 6.66. The summed E-state index contributed by atoms with van der Waals surface area (Å²) < 4.78 is 0. The number of benzene rings is 1. The number of hydrazine groups is 1. The molecule has 0 saturated heterocycles. The summed E-state index contributed by atoms with van der Waals surface area (Å²) in [7, 11) is 0. The summed E-state index contributed by atoms with van der Waals surface area (Å²) in [6, 6.07) is 4.75. The zero-order valence-corrected chi connectivity index (χ0v) is 6.66. The predicted molar refractivity (Wildman–Crippen MR) is 44.5 cm³/mol. The number of phenols is 1. The van der Waals surface area contributed by atoms with Crippen molar-refractivity contribution < 1.29 is 9.90 Å². The number of nitrogens with two attached hydrogens (primary N) is 1. The molecule has 0 aromatic heterocycles. The highest BCUT2D eigenvalue weighted by atomic mass is 16.3. The molecule has 1 rings (SSSR count). The Morgan fingerprint density at radius 2 is 2.25 bits per heavy atom. The van der Waals surface area contributed by atoms with Gasteiger partial charge in [0.25, 0.3) is 5.91 Å². The first-order valence-electron chi connectivity index (χ1n) is 3.45. The van der Waals surface area contributed by atoms with Crippen LogP contribution in [0.3, 0.4) is 0 Å². The summed E-state index contributed by atoms with van der Waals surface area (Å²) in [6.07, 6.45) is 0. The van der Waals surface area contributed by atoms with Gasteiger partial charge in [0.05, 0.1) is 5.56 Å². The highest BCUT2D eigenvalue weighted by Crippen LogP contribution is 2.17. The topological polar surface area (TPSA) is 75.4 Å². The average molecular weight is 166 g/mol. The number of aromatic hydroxyl groups is 1. The van der Waals surface area contributed by atoms with Gasteiger partial charge in [0.1, 0.15) is 5.75 Å². The number of rotatable bonds is 1. The van der Waals surface area contributed by atoms with Gasteiger partial charge in [-0.3, -0.25) is 10.2 Å². The lowest BCUT2D eigenvalue weighted by atomic mass is 10.1. The van der Waals surface area contributed by atoms with Crippen molar-refractivity contribution in [3.63, 3.8) is 0 Å². The van der Waals surface area contributed by atoms with E-state index < -0.39 is 5.91 Å². The SMILES string of the molecule is Cc1ccc(C(=O)NN)c(O)c1. The van der Waals surface area contributed by atoms with E-state index in [-0.39, 0.29) is 11.3 Å². The first-order chi connectivity index (χ1) is 5.65. The molecule has 0 aliphatic heterocycles. The number of nitrogen functional groups attached to an aromatic ring is 1. The van der Waals surface area contributed by atoms with Crippen molar-refractivity contribution in [2.75, 3.05) is 0 Å². The minimum atomic E-state index is -0.493. The molecule has 1 aromatic rings. The first-order valence-corrected chi connectivity index (χ1v) is 3.45. The van der Waals surface area contributed by atoms with E-state index in [1.165, 1.54) is 12.1 Å². The molecule has 0 aliphatic rings. The van der Waals surface area contributed by atoms with Crippen LogP contribution in [0.1, 0.15) is 15.9 Å². The molecular formula is C8H10N2O2.